The molecule has 3 rings (SSSR count). The van der Waals surface area contributed by atoms with E-state index in [0.717, 1.165) is 24.0 Å². The first kappa shape index (κ1) is 15.7. The molecule has 0 amide bonds. The second-order valence-electron chi connectivity index (χ2n) is 5.95. The van der Waals surface area contributed by atoms with Crippen molar-refractivity contribution in [2.24, 2.45) is 0 Å². The van der Waals surface area contributed by atoms with Gasteiger partial charge in [-0.25, -0.2) is 9.18 Å². The Labute approximate surface area is 135 Å². The highest BCUT2D eigenvalue weighted by molar-refractivity contribution is 5.77. The molecule has 1 unspecified atom stereocenters. The van der Waals surface area contributed by atoms with E-state index >= 15 is 0 Å². The van der Waals surface area contributed by atoms with Gasteiger partial charge in [-0.2, -0.15) is 0 Å². The Hall–Kier alpha value is -2.20. The Morgan fingerprint density at radius 3 is 2.39 bits per heavy atom. The third kappa shape index (κ3) is 3.59. The van der Waals surface area contributed by atoms with Crippen molar-refractivity contribution in [3.8, 4) is 0 Å². The van der Waals surface area contributed by atoms with Crippen molar-refractivity contribution >= 4 is 5.97 Å². The van der Waals surface area contributed by atoms with Crippen LogP contribution in [-0.2, 0) is 9.53 Å². The molecule has 1 aliphatic rings. The second kappa shape index (κ2) is 6.92. The van der Waals surface area contributed by atoms with Crippen molar-refractivity contribution in [1.82, 2.24) is 5.32 Å². The lowest BCUT2D eigenvalue weighted by atomic mass is 9.75. The molecule has 0 bridgehead atoms. The van der Waals surface area contributed by atoms with Crippen LogP contribution in [0.2, 0.25) is 0 Å². The van der Waals surface area contributed by atoms with Gasteiger partial charge < -0.3 is 4.74 Å². The van der Waals surface area contributed by atoms with Crippen LogP contribution in [0, 0.1) is 5.82 Å². The minimum absolute atomic E-state index is 0.211. The van der Waals surface area contributed by atoms with E-state index < -0.39 is 6.04 Å². The minimum atomic E-state index is -0.444. The zero-order chi connectivity index (χ0) is 16.2. The maximum absolute atomic E-state index is 13.0. The summed E-state index contributed by atoms with van der Waals surface area (Å²) in [5.41, 5.74) is 2.06. The van der Waals surface area contributed by atoms with Gasteiger partial charge in [0.1, 0.15) is 11.9 Å². The summed E-state index contributed by atoms with van der Waals surface area (Å²) in [7, 11) is 1.40. The number of carbonyl (C=O) groups excluding carboxylic acids is 1. The normalized spacial score (nSPS) is 21.3. The van der Waals surface area contributed by atoms with E-state index in [1.807, 2.05) is 42.5 Å². The van der Waals surface area contributed by atoms with Crippen molar-refractivity contribution in [1.29, 1.82) is 0 Å². The molecule has 1 aliphatic carbocycles. The first-order valence-corrected chi connectivity index (χ1v) is 7.81. The standard InChI is InChI=1S/C19H20FNO2/c1-23-19(22)18(14-5-3-2-4-6-14)21-17-11-15(12-17)13-7-9-16(20)10-8-13/h2-10,15,17-18,21H,11-12H2,1H3. The highest BCUT2D eigenvalue weighted by Crippen LogP contribution is 2.38. The van der Waals surface area contributed by atoms with E-state index in [0.29, 0.717) is 5.92 Å². The maximum Gasteiger partial charge on any atom is 0.327 e. The van der Waals surface area contributed by atoms with Gasteiger partial charge in [-0.3, -0.25) is 5.32 Å². The van der Waals surface area contributed by atoms with Crippen LogP contribution >= 0.6 is 0 Å². The predicted molar refractivity (Wildman–Crippen MR) is 86.5 cm³/mol. The van der Waals surface area contributed by atoms with Gasteiger partial charge in [0.25, 0.3) is 0 Å². The Kier molecular flexibility index (Phi) is 4.72. The SMILES string of the molecule is COC(=O)C(NC1CC(c2ccc(F)cc2)C1)c1ccccc1. The molecule has 4 heteroatoms. The summed E-state index contributed by atoms with van der Waals surface area (Å²) in [6, 6.07) is 16.1. The summed E-state index contributed by atoms with van der Waals surface area (Å²) in [5, 5.41) is 3.38. The van der Waals surface area contributed by atoms with Gasteiger partial charge in [0.2, 0.25) is 0 Å². The molecule has 23 heavy (non-hydrogen) atoms. The molecule has 1 fully saturated rings. The minimum Gasteiger partial charge on any atom is -0.468 e. The quantitative estimate of drug-likeness (QED) is 0.858. The second-order valence-corrected chi connectivity index (χ2v) is 5.95. The van der Waals surface area contributed by atoms with Gasteiger partial charge in [-0.1, -0.05) is 42.5 Å². The molecule has 0 aromatic heterocycles. The predicted octanol–water partition coefficient (Wildman–Crippen LogP) is 3.58. The number of esters is 1. The molecule has 2 aromatic carbocycles. The first-order chi connectivity index (χ1) is 11.2. The smallest absolute Gasteiger partial charge is 0.327 e. The largest absolute Gasteiger partial charge is 0.468 e. The lowest BCUT2D eigenvalue weighted by molar-refractivity contribution is -0.143. The van der Waals surface area contributed by atoms with Gasteiger partial charge >= 0.3 is 5.97 Å². The summed E-state index contributed by atoms with van der Waals surface area (Å²) >= 11 is 0. The number of benzene rings is 2. The summed E-state index contributed by atoms with van der Waals surface area (Å²) in [5.74, 6) is -0.0683. The molecule has 1 N–H and O–H groups in total. The third-order valence-corrected chi connectivity index (χ3v) is 4.45. The number of ether oxygens (including phenoxy) is 1. The summed E-state index contributed by atoms with van der Waals surface area (Å²) in [6.45, 7) is 0. The summed E-state index contributed by atoms with van der Waals surface area (Å²) in [6.07, 6.45) is 1.87. The number of rotatable bonds is 5. The van der Waals surface area contributed by atoms with E-state index in [-0.39, 0.29) is 17.8 Å². The number of nitrogens with one attached hydrogen (secondary N) is 1. The lowest BCUT2D eigenvalue weighted by Gasteiger charge is -2.38. The Morgan fingerprint density at radius 2 is 1.78 bits per heavy atom. The molecule has 0 aliphatic heterocycles. The molecule has 0 heterocycles. The van der Waals surface area contributed by atoms with Gasteiger partial charge in [-0.05, 0) is 42.0 Å². The van der Waals surface area contributed by atoms with E-state index in [2.05, 4.69) is 5.32 Å². The Balaban J connectivity index is 1.62. The zero-order valence-corrected chi connectivity index (χ0v) is 13.0. The van der Waals surface area contributed by atoms with Crippen LogP contribution in [0.4, 0.5) is 4.39 Å². The van der Waals surface area contributed by atoms with Crippen LogP contribution in [-0.4, -0.2) is 19.1 Å². The first-order valence-electron chi connectivity index (χ1n) is 7.81. The van der Waals surface area contributed by atoms with Gasteiger partial charge in [0.15, 0.2) is 0 Å². The Morgan fingerprint density at radius 1 is 1.13 bits per heavy atom. The molecule has 120 valence electrons. The summed E-state index contributed by atoms with van der Waals surface area (Å²) in [4.78, 5) is 12.1. The number of methoxy groups -OCH3 is 1. The van der Waals surface area contributed by atoms with E-state index in [4.69, 9.17) is 4.74 Å². The average Bonchev–Trinajstić information content (AvgIpc) is 2.55. The fourth-order valence-corrected chi connectivity index (χ4v) is 3.06. The molecule has 3 nitrogen and oxygen atoms in total. The van der Waals surface area contributed by atoms with Crippen molar-refractivity contribution in [3.05, 3.63) is 71.5 Å². The van der Waals surface area contributed by atoms with Crippen LogP contribution < -0.4 is 5.32 Å². The highest BCUT2D eigenvalue weighted by atomic mass is 19.1. The fourth-order valence-electron chi connectivity index (χ4n) is 3.06. The van der Waals surface area contributed by atoms with Crippen LogP contribution in [0.3, 0.4) is 0 Å². The molecule has 0 radical (unpaired) electrons. The van der Waals surface area contributed by atoms with E-state index in [1.54, 1.807) is 0 Å². The highest BCUT2D eigenvalue weighted by Gasteiger charge is 2.34. The van der Waals surface area contributed by atoms with Crippen LogP contribution in [0.1, 0.15) is 35.9 Å². The summed E-state index contributed by atoms with van der Waals surface area (Å²) < 4.78 is 17.9. The van der Waals surface area contributed by atoms with E-state index in [9.17, 15) is 9.18 Å². The van der Waals surface area contributed by atoms with Crippen LogP contribution in [0.15, 0.2) is 54.6 Å². The monoisotopic (exact) mass is 313 g/mol. The number of hydrogen-bond donors (Lipinski definition) is 1. The fraction of sp³-hybridized carbons (Fsp3) is 0.316. The van der Waals surface area contributed by atoms with Crippen molar-refractivity contribution in [2.75, 3.05) is 7.11 Å². The van der Waals surface area contributed by atoms with Crippen LogP contribution in [0.5, 0.6) is 0 Å². The van der Waals surface area contributed by atoms with Crippen molar-refractivity contribution in [2.45, 2.75) is 30.8 Å². The van der Waals surface area contributed by atoms with Crippen molar-refractivity contribution in [3.63, 3.8) is 0 Å². The van der Waals surface area contributed by atoms with Crippen LogP contribution in [0.25, 0.3) is 0 Å². The average molecular weight is 313 g/mol. The molecule has 0 saturated heterocycles. The topological polar surface area (TPSA) is 38.3 Å². The molecular weight excluding hydrogens is 293 g/mol. The molecular formula is C19H20FNO2. The molecule has 2 aromatic rings. The van der Waals surface area contributed by atoms with E-state index in [1.165, 1.54) is 19.2 Å². The van der Waals surface area contributed by atoms with Gasteiger partial charge in [0.05, 0.1) is 7.11 Å². The lowest BCUT2D eigenvalue weighted by Crippen LogP contribution is -2.44. The van der Waals surface area contributed by atoms with Gasteiger partial charge in [0, 0.05) is 6.04 Å². The molecule has 0 spiro atoms. The van der Waals surface area contributed by atoms with Gasteiger partial charge in [-0.15, -0.1) is 0 Å². The maximum atomic E-state index is 13.0. The van der Waals surface area contributed by atoms with Crippen molar-refractivity contribution < 1.29 is 13.9 Å². The third-order valence-electron chi connectivity index (χ3n) is 4.45. The number of hydrogen-bond acceptors (Lipinski definition) is 3. The molecule has 1 atom stereocenters. The number of halogens is 1. The Bertz CT molecular complexity index is 651. The number of carbonyl (C=O) groups is 1. The molecule has 1 saturated carbocycles. The zero-order valence-electron chi connectivity index (χ0n) is 13.0.